The second kappa shape index (κ2) is 21.7. The molecule has 1 aliphatic rings. The summed E-state index contributed by atoms with van der Waals surface area (Å²) in [5.41, 5.74) is 5.67. The molecule has 0 saturated carbocycles. The molecule has 3 atom stereocenters. The van der Waals surface area contributed by atoms with E-state index in [0.717, 1.165) is 53.8 Å². The van der Waals surface area contributed by atoms with Crippen LogP contribution < -0.4 is 5.32 Å². The zero-order chi connectivity index (χ0) is 36.4. The summed E-state index contributed by atoms with van der Waals surface area (Å²) < 4.78 is 13.4. The van der Waals surface area contributed by atoms with Gasteiger partial charge in [0.25, 0.3) is 5.91 Å². The summed E-state index contributed by atoms with van der Waals surface area (Å²) in [5, 5.41) is 12.6. The van der Waals surface area contributed by atoms with Crippen molar-refractivity contribution in [1.82, 2.24) is 20.2 Å². The van der Waals surface area contributed by atoms with Crippen LogP contribution >= 0.6 is 0 Å². The fraction of sp³-hybridized carbons (Fsp3) is 0.523. The molecule has 1 amide bonds. The van der Waals surface area contributed by atoms with Crippen LogP contribution in [0.2, 0.25) is 0 Å². The minimum absolute atomic E-state index is 0.0171. The fourth-order valence-corrected chi connectivity index (χ4v) is 6.98. The van der Waals surface area contributed by atoms with Gasteiger partial charge in [0.1, 0.15) is 5.69 Å². The van der Waals surface area contributed by atoms with Crippen molar-refractivity contribution in [2.45, 2.75) is 129 Å². The summed E-state index contributed by atoms with van der Waals surface area (Å²) >= 11 is 0. The topological polar surface area (TPSA) is 96.8 Å². The van der Waals surface area contributed by atoms with E-state index in [1.54, 1.807) is 0 Å². The normalized spacial score (nSPS) is 17.5. The second-order valence-corrected chi connectivity index (χ2v) is 14.4. The van der Waals surface area contributed by atoms with Crippen molar-refractivity contribution >= 4 is 16.9 Å². The minimum Gasteiger partial charge on any atom is -0.392 e. The highest BCUT2D eigenvalue weighted by Gasteiger charge is 2.33. The van der Waals surface area contributed by atoms with Crippen molar-refractivity contribution < 1.29 is 19.4 Å². The summed E-state index contributed by atoms with van der Waals surface area (Å²) in [7, 11) is 0. The first-order valence-electron chi connectivity index (χ1n) is 19.9. The first-order valence-corrected chi connectivity index (χ1v) is 19.9. The Hall–Kier alpha value is -3.69. The number of amides is 1. The smallest absolute Gasteiger partial charge is 0.271 e. The number of ether oxygens (including phenoxy) is 2. The zero-order valence-electron chi connectivity index (χ0n) is 31.5. The first-order chi connectivity index (χ1) is 25.6. The van der Waals surface area contributed by atoms with Crippen molar-refractivity contribution in [2.24, 2.45) is 0 Å². The molecule has 0 bridgehead atoms. The molecule has 0 radical (unpaired) electrons. The molecule has 52 heavy (non-hydrogen) atoms. The van der Waals surface area contributed by atoms with Gasteiger partial charge in [-0.25, -0.2) is 4.98 Å². The van der Waals surface area contributed by atoms with Crippen LogP contribution in [-0.4, -0.2) is 51.6 Å². The molecule has 0 spiro atoms. The van der Waals surface area contributed by atoms with Gasteiger partial charge in [-0.2, -0.15) is 0 Å². The summed E-state index contributed by atoms with van der Waals surface area (Å²) in [6, 6.07) is 23.8. The predicted molar refractivity (Wildman–Crippen MR) is 209 cm³/mol. The van der Waals surface area contributed by atoms with E-state index >= 15 is 0 Å². The lowest BCUT2D eigenvalue weighted by atomic mass is 9.99. The number of carbonyl (C=O) groups is 1. The number of hydrogen-bond donors (Lipinski definition) is 2. The summed E-state index contributed by atoms with van der Waals surface area (Å²) in [4.78, 5) is 24.4. The van der Waals surface area contributed by atoms with Crippen LogP contribution in [0.25, 0.3) is 11.0 Å². The van der Waals surface area contributed by atoms with E-state index in [1.165, 1.54) is 83.2 Å². The second-order valence-electron chi connectivity index (χ2n) is 14.4. The quantitative estimate of drug-likeness (QED) is 0.0785. The van der Waals surface area contributed by atoms with Crippen LogP contribution in [0.5, 0.6) is 0 Å². The predicted octanol–water partition coefficient (Wildman–Crippen LogP) is 9.62. The van der Waals surface area contributed by atoms with Crippen LogP contribution in [0, 0.1) is 0 Å². The molecule has 0 unspecified atom stereocenters. The summed E-state index contributed by atoms with van der Waals surface area (Å²) in [6.45, 7) is 8.03. The van der Waals surface area contributed by atoms with Gasteiger partial charge in [0, 0.05) is 25.1 Å². The Morgan fingerprint density at radius 3 is 2.00 bits per heavy atom. The van der Waals surface area contributed by atoms with E-state index in [4.69, 9.17) is 9.47 Å². The Kier molecular flexibility index (Phi) is 16.5. The van der Waals surface area contributed by atoms with Crippen molar-refractivity contribution in [1.29, 1.82) is 0 Å². The van der Waals surface area contributed by atoms with Crippen molar-refractivity contribution in [3.8, 4) is 0 Å². The third-order valence-corrected chi connectivity index (χ3v) is 10.1. The molecular weight excluding hydrogens is 649 g/mol. The average molecular weight is 709 g/mol. The van der Waals surface area contributed by atoms with Crippen LogP contribution in [0.3, 0.4) is 0 Å². The van der Waals surface area contributed by atoms with Crippen molar-refractivity contribution in [2.75, 3.05) is 19.6 Å². The summed E-state index contributed by atoms with van der Waals surface area (Å²) in [5.74, 6) is -0.259. The largest absolute Gasteiger partial charge is 0.392 e. The molecule has 1 aliphatic heterocycles. The van der Waals surface area contributed by atoms with Gasteiger partial charge in [-0.05, 0) is 54.8 Å². The molecule has 3 aromatic carbocycles. The average Bonchev–Trinajstić information content (AvgIpc) is 3.19. The lowest BCUT2D eigenvalue weighted by molar-refractivity contribution is -0.253. The summed E-state index contributed by atoms with van der Waals surface area (Å²) in [6.07, 6.45) is 17.2. The van der Waals surface area contributed by atoms with Crippen molar-refractivity contribution in [3.05, 3.63) is 107 Å². The molecule has 1 aromatic heterocycles. The number of benzene rings is 3. The highest BCUT2D eigenvalue weighted by molar-refractivity contribution is 5.93. The monoisotopic (exact) mass is 708 g/mol. The molecule has 8 nitrogen and oxygen atoms in total. The van der Waals surface area contributed by atoms with E-state index in [1.807, 2.05) is 60.7 Å². The lowest BCUT2D eigenvalue weighted by Crippen LogP contribution is -2.40. The van der Waals surface area contributed by atoms with Crippen LogP contribution in [0.4, 0.5) is 0 Å². The molecular formula is C44H60N4O4. The van der Waals surface area contributed by atoms with Gasteiger partial charge in [0.2, 0.25) is 0 Å². The number of aliphatic hydroxyl groups is 1. The molecule has 5 rings (SSSR count). The molecule has 280 valence electrons. The highest BCUT2D eigenvalue weighted by Crippen LogP contribution is 2.38. The zero-order valence-corrected chi connectivity index (χ0v) is 31.5. The lowest BCUT2D eigenvalue weighted by Gasteiger charge is -2.38. The Bertz CT molecular complexity index is 1600. The molecule has 8 heteroatoms. The molecule has 2 heterocycles. The molecule has 4 aromatic rings. The molecule has 1 fully saturated rings. The maximum absolute atomic E-state index is 12.9. The van der Waals surface area contributed by atoms with Crippen LogP contribution in [0.15, 0.2) is 79.0 Å². The van der Waals surface area contributed by atoms with Gasteiger partial charge in [-0.3, -0.25) is 9.78 Å². The molecule has 1 saturated heterocycles. The third-order valence-electron chi connectivity index (χ3n) is 10.1. The number of aromatic nitrogens is 2. The van der Waals surface area contributed by atoms with Crippen LogP contribution in [0.1, 0.15) is 142 Å². The minimum atomic E-state index is -0.511. The Morgan fingerprint density at radius 2 is 1.35 bits per heavy atom. The highest BCUT2D eigenvalue weighted by atomic mass is 16.7. The number of hydrogen-bond acceptors (Lipinski definition) is 7. The van der Waals surface area contributed by atoms with Gasteiger partial charge in [-0.15, -0.1) is 0 Å². The van der Waals surface area contributed by atoms with E-state index in [9.17, 15) is 9.90 Å². The number of aliphatic hydroxyl groups excluding tert-OH is 1. The number of rotatable bonds is 22. The number of nitrogens with one attached hydrogen (secondary N) is 1. The number of unbranched alkanes of at least 4 members (excludes halogenated alkanes) is 10. The SMILES string of the molecule is CCCCCCCCN(CCCCCCCC)C[C@H]1C[C@@H](c2ccc(CO)cc2)O[C@@H](c2ccc(CNC(=O)c3cnc4ccccc4n3)cc2)O1. The first kappa shape index (κ1) is 39.5. The van der Waals surface area contributed by atoms with Gasteiger partial charge in [-0.1, -0.05) is 139 Å². The Balaban J connectivity index is 1.24. The standard InChI is InChI=1S/C44H60N4O4/c1-3-5-7-9-11-15-27-48(28-16-12-10-8-6-4-2)32-38-29-42(36-23-21-35(33-49)22-24-36)52-44(51-38)37-25-19-34(20-26-37)30-46-43(50)41-31-45-39-17-13-14-18-40(39)47-41/h13-14,17-26,31,38,42,44,49H,3-12,15-16,27-30,32-33H2,1-2H3,(H,46,50)/t38-,42+,44+/m1/s1. The van der Waals surface area contributed by atoms with Gasteiger partial charge >= 0.3 is 0 Å². The van der Waals surface area contributed by atoms with Crippen molar-refractivity contribution in [3.63, 3.8) is 0 Å². The van der Waals surface area contributed by atoms with Gasteiger partial charge in [0.15, 0.2) is 6.29 Å². The fourth-order valence-electron chi connectivity index (χ4n) is 6.98. The maximum Gasteiger partial charge on any atom is 0.271 e. The van der Waals surface area contributed by atoms with Gasteiger partial charge in [0.05, 0.1) is 36.0 Å². The Labute approximate surface area is 311 Å². The molecule has 2 N–H and O–H groups in total. The van der Waals surface area contributed by atoms with Gasteiger partial charge < -0.3 is 24.8 Å². The van der Waals surface area contributed by atoms with Crippen LogP contribution in [-0.2, 0) is 22.6 Å². The van der Waals surface area contributed by atoms with E-state index in [2.05, 4.69) is 46.2 Å². The third kappa shape index (κ3) is 12.5. The Morgan fingerprint density at radius 1 is 0.750 bits per heavy atom. The maximum atomic E-state index is 12.9. The molecule has 0 aliphatic carbocycles. The van der Waals surface area contributed by atoms with E-state index in [-0.39, 0.29) is 24.7 Å². The number of para-hydroxylation sites is 2. The van der Waals surface area contributed by atoms with E-state index in [0.29, 0.717) is 17.8 Å². The number of carbonyl (C=O) groups excluding carboxylic acids is 1. The van der Waals surface area contributed by atoms with E-state index < -0.39 is 6.29 Å². The number of nitrogens with zero attached hydrogens (tertiary/aromatic N) is 3. The number of fused-ring (bicyclic) bond motifs is 1.